The smallest absolute Gasteiger partial charge is 0.303 e. The summed E-state index contributed by atoms with van der Waals surface area (Å²) < 4.78 is 27.8. The summed E-state index contributed by atoms with van der Waals surface area (Å²) in [6, 6.07) is 7.48. The maximum absolute atomic E-state index is 12.5. The molecule has 0 aliphatic carbocycles. The van der Waals surface area contributed by atoms with Crippen molar-refractivity contribution in [3.8, 4) is 0 Å². The van der Waals surface area contributed by atoms with Crippen LogP contribution in [0.2, 0.25) is 0 Å². The number of rotatable bonds is 7. The molecule has 0 bridgehead atoms. The number of nitrogens with zero attached hydrogens (tertiary/aromatic N) is 2. The molecule has 1 rings (SSSR count). The van der Waals surface area contributed by atoms with Crippen molar-refractivity contribution >= 4 is 15.9 Å². The predicted molar refractivity (Wildman–Crippen MR) is 79.4 cm³/mol. The molecule has 0 saturated heterocycles. The second-order valence-corrected chi connectivity index (χ2v) is 6.38. The van der Waals surface area contributed by atoms with E-state index in [1.807, 2.05) is 38.1 Å². The topological polar surface area (TPSA) is 66.6 Å². The minimum atomic E-state index is -3.49. The Balaban J connectivity index is 3.06. The van der Waals surface area contributed by atoms with Crippen LogP contribution in [0.4, 0.5) is 5.69 Å². The molecule has 0 amide bonds. The summed E-state index contributed by atoms with van der Waals surface area (Å²) in [4.78, 5) is 0. The van der Waals surface area contributed by atoms with Crippen molar-refractivity contribution < 1.29 is 8.42 Å². The van der Waals surface area contributed by atoms with Crippen LogP contribution in [0, 0.1) is 6.92 Å². The number of aryl methyl sites for hydroxylation is 1. The lowest BCUT2D eigenvalue weighted by atomic mass is 10.2. The Bertz CT molecular complexity index is 502. The molecular weight excluding hydrogens is 262 g/mol. The lowest BCUT2D eigenvalue weighted by Gasteiger charge is -2.29. The van der Waals surface area contributed by atoms with Gasteiger partial charge in [-0.25, -0.2) is 0 Å². The van der Waals surface area contributed by atoms with E-state index in [2.05, 4.69) is 0 Å². The van der Waals surface area contributed by atoms with Crippen LogP contribution in [0.1, 0.15) is 18.9 Å². The first-order valence-corrected chi connectivity index (χ1v) is 7.84. The molecule has 0 aliphatic heterocycles. The van der Waals surface area contributed by atoms with Gasteiger partial charge in [0.25, 0.3) is 0 Å². The van der Waals surface area contributed by atoms with Crippen LogP contribution in [0.25, 0.3) is 0 Å². The molecule has 1 aromatic rings. The third-order valence-corrected chi connectivity index (χ3v) is 5.00. The zero-order valence-corrected chi connectivity index (χ0v) is 12.7. The summed E-state index contributed by atoms with van der Waals surface area (Å²) in [6.07, 6.45) is 0.654. The molecule has 0 aromatic heterocycles. The molecule has 19 heavy (non-hydrogen) atoms. The van der Waals surface area contributed by atoms with Crippen molar-refractivity contribution in [2.75, 3.05) is 31.0 Å². The molecule has 2 N–H and O–H groups in total. The monoisotopic (exact) mass is 285 g/mol. The average Bonchev–Trinajstić information content (AvgIpc) is 2.38. The first-order chi connectivity index (χ1) is 8.95. The van der Waals surface area contributed by atoms with Gasteiger partial charge in [0.15, 0.2) is 0 Å². The van der Waals surface area contributed by atoms with E-state index in [1.54, 1.807) is 7.05 Å². The first kappa shape index (κ1) is 15.9. The van der Waals surface area contributed by atoms with Gasteiger partial charge in [-0.05, 0) is 38.4 Å². The molecule has 1 aromatic carbocycles. The van der Waals surface area contributed by atoms with Gasteiger partial charge < -0.3 is 5.73 Å². The third kappa shape index (κ3) is 3.68. The van der Waals surface area contributed by atoms with Crippen LogP contribution in [0.5, 0.6) is 0 Å². The molecule has 0 heterocycles. The van der Waals surface area contributed by atoms with E-state index in [0.717, 1.165) is 11.3 Å². The van der Waals surface area contributed by atoms with Crippen LogP contribution in [0.15, 0.2) is 24.3 Å². The largest absolute Gasteiger partial charge is 0.330 e. The Labute approximate surface area is 116 Å². The summed E-state index contributed by atoms with van der Waals surface area (Å²) in [5.41, 5.74) is 7.10. The van der Waals surface area contributed by atoms with Gasteiger partial charge in [-0.15, -0.1) is 0 Å². The third-order valence-electron chi connectivity index (χ3n) is 3.02. The number of anilines is 1. The molecule has 0 saturated carbocycles. The summed E-state index contributed by atoms with van der Waals surface area (Å²) in [5.74, 6) is 0. The van der Waals surface area contributed by atoms with Crippen molar-refractivity contribution in [2.24, 2.45) is 5.73 Å². The fourth-order valence-corrected chi connectivity index (χ4v) is 3.37. The Kier molecular flexibility index (Phi) is 5.78. The highest BCUT2D eigenvalue weighted by Gasteiger charge is 2.26. The molecule has 0 aliphatic rings. The van der Waals surface area contributed by atoms with Gasteiger partial charge in [-0.1, -0.05) is 18.2 Å². The summed E-state index contributed by atoms with van der Waals surface area (Å²) in [7, 11) is -1.90. The number of hydrogen-bond acceptors (Lipinski definition) is 3. The zero-order valence-electron chi connectivity index (χ0n) is 11.8. The highest BCUT2D eigenvalue weighted by Crippen LogP contribution is 2.23. The molecule has 6 heteroatoms. The lowest BCUT2D eigenvalue weighted by molar-refractivity contribution is 0.460. The van der Waals surface area contributed by atoms with Crippen LogP contribution < -0.4 is 10.0 Å². The Morgan fingerprint density at radius 1 is 1.26 bits per heavy atom. The maximum Gasteiger partial charge on any atom is 0.303 e. The Morgan fingerprint density at radius 2 is 1.89 bits per heavy atom. The van der Waals surface area contributed by atoms with Crippen molar-refractivity contribution in [1.29, 1.82) is 0 Å². The van der Waals surface area contributed by atoms with Gasteiger partial charge in [0.05, 0.1) is 5.69 Å². The predicted octanol–water partition coefficient (Wildman–Crippen LogP) is 1.35. The van der Waals surface area contributed by atoms with Gasteiger partial charge in [0, 0.05) is 20.1 Å². The second-order valence-electron chi connectivity index (χ2n) is 4.42. The molecule has 108 valence electrons. The quantitative estimate of drug-likeness (QED) is 0.822. The standard InChI is InChI=1S/C13H23N3O2S/c1-4-16(13-9-6-5-8-12(13)2)19(17,18)15(3)11-7-10-14/h5-6,8-9H,4,7,10-11,14H2,1-3H3. The molecule has 0 atom stereocenters. The second kappa shape index (κ2) is 6.88. The fourth-order valence-electron chi connectivity index (χ4n) is 1.90. The molecule has 0 radical (unpaired) electrons. The van der Waals surface area contributed by atoms with Crippen molar-refractivity contribution in [3.63, 3.8) is 0 Å². The first-order valence-electron chi connectivity index (χ1n) is 6.44. The van der Waals surface area contributed by atoms with E-state index >= 15 is 0 Å². The van der Waals surface area contributed by atoms with Gasteiger partial charge in [-0.2, -0.15) is 12.7 Å². The van der Waals surface area contributed by atoms with Crippen molar-refractivity contribution in [3.05, 3.63) is 29.8 Å². The van der Waals surface area contributed by atoms with E-state index in [9.17, 15) is 8.42 Å². The SMILES string of the molecule is CCN(c1ccccc1C)S(=O)(=O)N(C)CCCN. The summed E-state index contributed by atoms with van der Waals surface area (Å²) >= 11 is 0. The van der Waals surface area contributed by atoms with E-state index in [1.165, 1.54) is 8.61 Å². The number of hydrogen-bond donors (Lipinski definition) is 1. The van der Waals surface area contributed by atoms with Crippen LogP contribution in [-0.4, -0.2) is 39.4 Å². The van der Waals surface area contributed by atoms with Gasteiger partial charge >= 0.3 is 10.2 Å². The Morgan fingerprint density at radius 3 is 2.42 bits per heavy atom. The Hall–Kier alpha value is -1.11. The van der Waals surface area contributed by atoms with E-state index in [-0.39, 0.29) is 0 Å². The highest BCUT2D eigenvalue weighted by atomic mass is 32.2. The highest BCUT2D eigenvalue weighted by molar-refractivity contribution is 7.90. The molecular formula is C13H23N3O2S. The van der Waals surface area contributed by atoms with E-state index in [0.29, 0.717) is 26.1 Å². The van der Waals surface area contributed by atoms with Gasteiger partial charge in [0.2, 0.25) is 0 Å². The summed E-state index contributed by atoms with van der Waals surface area (Å²) in [6.45, 7) is 5.06. The van der Waals surface area contributed by atoms with E-state index < -0.39 is 10.2 Å². The fraction of sp³-hybridized carbons (Fsp3) is 0.538. The van der Waals surface area contributed by atoms with Crippen molar-refractivity contribution in [1.82, 2.24) is 4.31 Å². The number of para-hydroxylation sites is 1. The van der Waals surface area contributed by atoms with Crippen LogP contribution in [0.3, 0.4) is 0 Å². The number of nitrogens with two attached hydrogens (primary N) is 1. The summed E-state index contributed by atoms with van der Waals surface area (Å²) in [5, 5.41) is 0. The molecule has 0 spiro atoms. The van der Waals surface area contributed by atoms with Crippen LogP contribution >= 0.6 is 0 Å². The van der Waals surface area contributed by atoms with Gasteiger partial charge in [-0.3, -0.25) is 4.31 Å². The maximum atomic E-state index is 12.5. The van der Waals surface area contributed by atoms with E-state index in [4.69, 9.17) is 5.73 Å². The molecule has 0 unspecified atom stereocenters. The van der Waals surface area contributed by atoms with Crippen LogP contribution in [-0.2, 0) is 10.2 Å². The minimum Gasteiger partial charge on any atom is -0.330 e. The molecule has 0 fully saturated rings. The minimum absolute atomic E-state index is 0.403. The zero-order chi connectivity index (χ0) is 14.5. The normalized spacial score (nSPS) is 11.8. The molecule has 5 nitrogen and oxygen atoms in total. The average molecular weight is 285 g/mol. The van der Waals surface area contributed by atoms with Crippen molar-refractivity contribution in [2.45, 2.75) is 20.3 Å². The number of benzene rings is 1. The van der Waals surface area contributed by atoms with Gasteiger partial charge in [0.1, 0.15) is 0 Å². The lowest BCUT2D eigenvalue weighted by Crippen LogP contribution is -2.43.